The standard InChI is InChI=1S/C13H15NO6/c15-13(16)11-2-1-10(14(17)18)7-12(11)20-8-9-3-5-19-6-4-9/h1-2,7,9H,3-6,8H2,(H,15,16). The fourth-order valence-electron chi connectivity index (χ4n) is 2.04. The van der Waals surface area contributed by atoms with Crippen LogP contribution in [0.15, 0.2) is 18.2 Å². The first kappa shape index (κ1) is 14.3. The fourth-order valence-corrected chi connectivity index (χ4v) is 2.04. The molecule has 0 amide bonds. The fraction of sp³-hybridized carbons (Fsp3) is 0.462. The van der Waals surface area contributed by atoms with Crippen LogP contribution in [0.4, 0.5) is 5.69 Å². The number of hydrogen-bond donors (Lipinski definition) is 1. The van der Waals surface area contributed by atoms with Crippen LogP contribution in [-0.4, -0.2) is 35.8 Å². The van der Waals surface area contributed by atoms with E-state index in [2.05, 4.69) is 0 Å². The molecule has 1 aliphatic rings. The van der Waals surface area contributed by atoms with Crippen LogP contribution in [0.1, 0.15) is 23.2 Å². The molecule has 1 aliphatic heterocycles. The molecule has 0 aromatic heterocycles. The van der Waals surface area contributed by atoms with Crippen molar-refractivity contribution >= 4 is 11.7 Å². The highest BCUT2D eigenvalue weighted by Crippen LogP contribution is 2.26. The summed E-state index contributed by atoms with van der Waals surface area (Å²) >= 11 is 0. The number of hydrogen-bond acceptors (Lipinski definition) is 5. The van der Waals surface area contributed by atoms with Crippen LogP contribution in [0.25, 0.3) is 0 Å². The predicted octanol–water partition coefficient (Wildman–Crippen LogP) is 2.10. The maximum Gasteiger partial charge on any atom is 0.339 e. The molecule has 2 rings (SSSR count). The Labute approximate surface area is 115 Å². The monoisotopic (exact) mass is 281 g/mol. The van der Waals surface area contributed by atoms with Gasteiger partial charge in [-0.3, -0.25) is 10.1 Å². The Kier molecular flexibility index (Phi) is 4.52. The number of carboxylic acids is 1. The summed E-state index contributed by atoms with van der Waals surface area (Å²) < 4.78 is 10.7. The average molecular weight is 281 g/mol. The quantitative estimate of drug-likeness (QED) is 0.655. The molecule has 0 spiro atoms. The van der Waals surface area contributed by atoms with E-state index in [0.717, 1.165) is 25.0 Å². The van der Waals surface area contributed by atoms with Crippen LogP contribution in [0.2, 0.25) is 0 Å². The van der Waals surface area contributed by atoms with E-state index in [0.29, 0.717) is 19.8 Å². The first-order chi connectivity index (χ1) is 9.58. The Morgan fingerprint density at radius 3 is 2.75 bits per heavy atom. The maximum atomic E-state index is 11.1. The Morgan fingerprint density at radius 1 is 1.45 bits per heavy atom. The van der Waals surface area contributed by atoms with Crippen LogP contribution in [-0.2, 0) is 4.74 Å². The minimum atomic E-state index is -1.16. The van der Waals surface area contributed by atoms with Gasteiger partial charge in [0.05, 0.1) is 17.6 Å². The zero-order chi connectivity index (χ0) is 14.5. The summed E-state index contributed by atoms with van der Waals surface area (Å²) in [6.07, 6.45) is 1.69. The number of nitro groups is 1. The Bertz CT molecular complexity index is 510. The predicted molar refractivity (Wildman–Crippen MR) is 69.1 cm³/mol. The number of carbonyl (C=O) groups is 1. The number of benzene rings is 1. The van der Waals surface area contributed by atoms with Crippen molar-refractivity contribution in [3.05, 3.63) is 33.9 Å². The third-order valence-electron chi connectivity index (χ3n) is 3.22. The van der Waals surface area contributed by atoms with Crippen molar-refractivity contribution in [1.29, 1.82) is 0 Å². The molecule has 7 heteroatoms. The minimum Gasteiger partial charge on any atom is -0.492 e. The number of non-ortho nitro benzene ring substituents is 1. The molecular formula is C13H15NO6. The Morgan fingerprint density at radius 2 is 2.15 bits per heavy atom. The molecule has 20 heavy (non-hydrogen) atoms. The molecule has 0 unspecified atom stereocenters. The minimum absolute atomic E-state index is 0.0400. The van der Waals surface area contributed by atoms with Gasteiger partial charge in [-0.2, -0.15) is 0 Å². The topological polar surface area (TPSA) is 98.9 Å². The molecule has 7 nitrogen and oxygen atoms in total. The van der Waals surface area contributed by atoms with E-state index in [1.807, 2.05) is 0 Å². The van der Waals surface area contributed by atoms with Gasteiger partial charge in [-0.25, -0.2) is 4.79 Å². The van der Waals surface area contributed by atoms with Gasteiger partial charge in [-0.15, -0.1) is 0 Å². The molecule has 0 aliphatic carbocycles. The van der Waals surface area contributed by atoms with Crippen molar-refractivity contribution in [3.8, 4) is 5.75 Å². The van der Waals surface area contributed by atoms with E-state index in [-0.39, 0.29) is 22.9 Å². The van der Waals surface area contributed by atoms with Gasteiger partial charge in [0.15, 0.2) is 0 Å². The third kappa shape index (κ3) is 3.45. The van der Waals surface area contributed by atoms with Gasteiger partial charge in [0.2, 0.25) is 0 Å². The van der Waals surface area contributed by atoms with Gasteiger partial charge in [-0.1, -0.05) is 0 Å². The molecule has 1 heterocycles. The zero-order valence-corrected chi connectivity index (χ0v) is 10.8. The number of aromatic carboxylic acids is 1. The number of nitro benzene ring substituents is 1. The molecular weight excluding hydrogens is 266 g/mol. The molecule has 1 N–H and O–H groups in total. The summed E-state index contributed by atoms with van der Waals surface area (Å²) in [5.41, 5.74) is -0.250. The van der Waals surface area contributed by atoms with E-state index in [1.54, 1.807) is 0 Å². The van der Waals surface area contributed by atoms with Gasteiger partial charge in [0.1, 0.15) is 11.3 Å². The molecule has 1 aromatic carbocycles. The maximum absolute atomic E-state index is 11.1. The normalized spacial score (nSPS) is 15.8. The first-order valence-electron chi connectivity index (χ1n) is 6.30. The lowest BCUT2D eigenvalue weighted by atomic mass is 10.0. The van der Waals surface area contributed by atoms with Crippen molar-refractivity contribution in [2.45, 2.75) is 12.8 Å². The van der Waals surface area contributed by atoms with Crippen molar-refractivity contribution in [1.82, 2.24) is 0 Å². The largest absolute Gasteiger partial charge is 0.492 e. The summed E-state index contributed by atoms with van der Waals surface area (Å²) in [5, 5.41) is 19.8. The smallest absolute Gasteiger partial charge is 0.339 e. The second kappa shape index (κ2) is 6.33. The SMILES string of the molecule is O=C(O)c1ccc([N+](=O)[O-])cc1OCC1CCOCC1. The molecule has 0 radical (unpaired) electrons. The highest BCUT2D eigenvalue weighted by Gasteiger charge is 2.19. The highest BCUT2D eigenvalue weighted by molar-refractivity contribution is 5.91. The molecule has 1 aromatic rings. The summed E-state index contributed by atoms with van der Waals surface area (Å²) in [5.74, 6) is -0.843. The Hall–Kier alpha value is -2.15. The van der Waals surface area contributed by atoms with Crippen LogP contribution in [0.3, 0.4) is 0 Å². The van der Waals surface area contributed by atoms with Gasteiger partial charge in [0.25, 0.3) is 5.69 Å². The van der Waals surface area contributed by atoms with Gasteiger partial charge in [0, 0.05) is 19.3 Å². The molecule has 0 atom stereocenters. The summed E-state index contributed by atoms with van der Waals surface area (Å²) in [4.78, 5) is 21.2. The highest BCUT2D eigenvalue weighted by atomic mass is 16.6. The Balaban J connectivity index is 2.12. The lowest BCUT2D eigenvalue weighted by Gasteiger charge is -2.22. The lowest BCUT2D eigenvalue weighted by Crippen LogP contribution is -2.22. The van der Waals surface area contributed by atoms with E-state index in [1.165, 1.54) is 6.07 Å². The van der Waals surface area contributed by atoms with Gasteiger partial charge in [-0.05, 0) is 24.8 Å². The summed E-state index contributed by atoms with van der Waals surface area (Å²) in [7, 11) is 0. The van der Waals surface area contributed by atoms with Gasteiger partial charge < -0.3 is 14.6 Å². The first-order valence-corrected chi connectivity index (χ1v) is 6.30. The number of ether oxygens (including phenoxy) is 2. The van der Waals surface area contributed by atoms with E-state index >= 15 is 0 Å². The van der Waals surface area contributed by atoms with Crippen molar-refractivity contribution in [2.75, 3.05) is 19.8 Å². The van der Waals surface area contributed by atoms with Crippen LogP contribution in [0.5, 0.6) is 5.75 Å². The lowest BCUT2D eigenvalue weighted by molar-refractivity contribution is -0.384. The molecule has 1 saturated heterocycles. The van der Waals surface area contributed by atoms with Crippen LogP contribution >= 0.6 is 0 Å². The van der Waals surface area contributed by atoms with Crippen LogP contribution < -0.4 is 4.74 Å². The summed E-state index contributed by atoms with van der Waals surface area (Å²) in [6, 6.07) is 3.51. The van der Waals surface area contributed by atoms with Gasteiger partial charge >= 0.3 is 5.97 Å². The summed E-state index contributed by atoms with van der Waals surface area (Å²) in [6.45, 7) is 1.66. The van der Waals surface area contributed by atoms with Crippen LogP contribution in [0, 0.1) is 16.0 Å². The molecule has 0 saturated carbocycles. The number of nitrogens with zero attached hydrogens (tertiary/aromatic N) is 1. The number of carboxylic acid groups (broad SMARTS) is 1. The van der Waals surface area contributed by atoms with E-state index in [4.69, 9.17) is 14.6 Å². The van der Waals surface area contributed by atoms with Crippen molar-refractivity contribution in [2.24, 2.45) is 5.92 Å². The molecule has 0 bridgehead atoms. The third-order valence-corrected chi connectivity index (χ3v) is 3.22. The number of rotatable bonds is 5. The van der Waals surface area contributed by atoms with E-state index < -0.39 is 10.9 Å². The van der Waals surface area contributed by atoms with E-state index in [9.17, 15) is 14.9 Å². The van der Waals surface area contributed by atoms with Crippen molar-refractivity contribution in [3.63, 3.8) is 0 Å². The average Bonchev–Trinajstić information content (AvgIpc) is 2.45. The molecule has 108 valence electrons. The molecule has 1 fully saturated rings. The zero-order valence-electron chi connectivity index (χ0n) is 10.8. The van der Waals surface area contributed by atoms with Crippen molar-refractivity contribution < 1.29 is 24.3 Å². The second-order valence-corrected chi connectivity index (χ2v) is 4.61. The second-order valence-electron chi connectivity index (χ2n) is 4.61.